The molecule has 5 heteroatoms. The highest BCUT2D eigenvalue weighted by Crippen LogP contribution is 2.26. The fourth-order valence-electron chi connectivity index (χ4n) is 2.32. The summed E-state index contributed by atoms with van der Waals surface area (Å²) in [5.74, 6) is 3.95. The van der Waals surface area contributed by atoms with Crippen molar-refractivity contribution in [3.8, 4) is 0 Å². The van der Waals surface area contributed by atoms with Crippen LogP contribution in [-0.2, 0) is 4.74 Å². The molecule has 3 heterocycles. The van der Waals surface area contributed by atoms with Crippen LogP contribution in [0.5, 0.6) is 0 Å². The second kappa shape index (κ2) is 5.23. The number of hydrogen-bond donors (Lipinski definition) is 0. The lowest BCUT2D eigenvalue weighted by Crippen LogP contribution is -2.33. The monoisotopic (exact) mass is 251 g/mol. The molecule has 0 bridgehead atoms. The van der Waals surface area contributed by atoms with Crippen molar-refractivity contribution in [3.05, 3.63) is 18.1 Å². The van der Waals surface area contributed by atoms with Crippen molar-refractivity contribution in [3.63, 3.8) is 0 Å². The van der Waals surface area contributed by atoms with Gasteiger partial charge in [0.15, 0.2) is 0 Å². The maximum absolute atomic E-state index is 5.42. The van der Waals surface area contributed by atoms with Crippen molar-refractivity contribution >= 4 is 17.6 Å². The number of ether oxygens (including phenoxy) is 1. The van der Waals surface area contributed by atoms with E-state index in [-0.39, 0.29) is 0 Å². The normalized spacial score (nSPS) is 25.2. The Morgan fingerprint density at radius 1 is 1.29 bits per heavy atom. The Morgan fingerprint density at radius 3 is 2.94 bits per heavy atom. The van der Waals surface area contributed by atoms with Crippen LogP contribution < -0.4 is 4.90 Å². The molecule has 0 aliphatic carbocycles. The SMILES string of the molecule is c1nc([C@H]2CCOC2)cc(N2CCSCC2)n1. The van der Waals surface area contributed by atoms with Crippen molar-refractivity contribution in [1.82, 2.24) is 9.97 Å². The summed E-state index contributed by atoms with van der Waals surface area (Å²) in [6, 6.07) is 2.15. The summed E-state index contributed by atoms with van der Waals surface area (Å²) in [6.07, 6.45) is 2.79. The van der Waals surface area contributed by atoms with Gasteiger partial charge < -0.3 is 9.64 Å². The third-order valence-corrected chi connectivity index (χ3v) is 4.30. The van der Waals surface area contributed by atoms with E-state index >= 15 is 0 Å². The summed E-state index contributed by atoms with van der Waals surface area (Å²) in [5, 5.41) is 0. The van der Waals surface area contributed by atoms with Crippen LogP contribution in [0, 0.1) is 0 Å². The van der Waals surface area contributed by atoms with E-state index in [1.807, 2.05) is 11.8 Å². The fourth-order valence-corrected chi connectivity index (χ4v) is 3.22. The molecule has 0 amide bonds. The average molecular weight is 251 g/mol. The number of rotatable bonds is 2. The Labute approximate surface area is 106 Å². The molecular formula is C12H17N3OS. The highest BCUT2D eigenvalue weighted by molar-refractivity contribution is 7.99. The van der Waals surface area contributed by atoms with Gasteiger partial charge in [-0.25, -0.2) is 9.97 Å². The molecule has 1 aromatic rings. The quantitative estimate of drug-likeness (QED) is 0.797. The van der Waals surface area contributed by atoms with E-state index in [4.69, 9.17) is 4.74 Å². The number of nitrogens with zero attached hydrogens (tertiary/aromatic N) is 3. The summed E-state index contributed by atoms with van der Waals surface area (Å²) < 4.78 is 5.42. The van der Waals surface area contributed by atoms with Crippen molar-refractivity contribution in [2.24, 2.45) is 0 Å². The van der Waals surface area contributed by atoms with Gasteiger partial charge in [0.25, 0.3) is 0 Å². The van der Waals surface area contributed by atoms with Crippen LogP contribution in [0.2, 0.25) is 0 Å². The maximum atomic E-state index is 5.42. The average Bonchev–Trinajstić information content (AvgIpc) is 2.94. The molecule has 0 unspecified atom stereocenters. The summed E-state index contributed by atoms with van der Waals surface area (Å²) in [6.45, 7) is 3.88. The predicted octanol–water partition coefficient (Wildman–Crippen LogP) is 1.53. The first-order valence-corrected chi connectivity index (χ1v) is 7.31. The third kappa shape index (κ3) is 2.55. The lowest BCUT2D eigenvalue weighted by molar-refractivity contribution is 0.193. The lowest BCUT2D eigenvalue weighted by atomic mass is 10.0. The van der Waals surface area contributed by atoms with Gasteiger partial charge in [-0.15, -0.1) is 0 Å². The van der Waals surface area contributed by atoms with Gasteiger partial charge in [-0.05, 0) is 6.42 Å². The van der Waals surface area contributed by atoms with E-state index in [0.29, 0.717) is 5.92 Å². The zero-order chi connectivity index (χ0) is 11.5. The minimum Gasteiger partial charge on any atom is -0.381 e. The van der Waals surface area contributed by atoms with Crippen LogP contribution in [0.15, 0.2) is 12.4 Å². The summed E-state index contributed by atoms with van der Waals surface area (Å²) in [7, 11) is 0. The van der Waals surface area contributed by atoms with E-state index < -0.39 is 0 Å². The minimum absolute atomic E-state index is 0.468. The molecule has 17 heavy (non-hydrogen) atoms. The number of thioether (sulfide) groups is 1. The molecule has 2 aliphatic rings. The zero-order valence-electron chi connectivity index (χ0n) is 9.84. The summed E-state index contributed by atoms with van der Waals surface area (Å²) in [4.78, 5) is 11.2. The Kier molecular flexibility index (Phi) is 3.47. The van der Waals surface area contributed by atoms with Crippen molar-refractivity contribution in [2.75, 3.05) is 42.7 Å². The first kappa shape index (κ1) is 11.3. The first-order valence-electron chi connectivity index (χ1n) is 6.16. The zero-order valence-corrected chi connectivity index (χ0v) is 10.7. The molecule has 0 radical (unpaired) electrons. The molecule has 0 N–H and O–H groups in total. The Bertz CT molecular complexity index is 376. The van der Waals surface area contributed by atoms with Gasteiger partial charge >= 0.3 is 0 Å². The largest absolute Gasteiger partial charge is 0.381 e. The predicted molar refractivity (Wildman–Crippen MR) is 69.7 cm³/mol. The Hall–Kier alpha value is -0.810. The smallest absolute Gasteiger partial charge is 0.132 e. The molecule has 1 atom stereocenters. The highest BCUT2D eigenvalue weighted by Gasteiger charge is 2.21. The maximum Gasteiger partial charge on any atom is 0.132 e. The molecule has 0 saturated carbocycles. The van der Waals surface area contributed by atoms with E-state index in [1.54, 1.807) is 6.33 Å². The molecule has 0 spiro atoms. The highest BCUT2D eigenvalue weighted by atomic mass is 32.2. The molecular weight excluding hydrogens is 234 g/mol. The van der Waals surface area contributed by atoms with Gasteiger partial charge in [-0.3, -0.25) is 0 Å². The van der Waals surface area contributed by atoms with Gasteiger partial charge in [0, 0.05) is 43.2 Å². The fraction of sp³-hybridized carbons (Fsp3) is 0.667. The van der Waals surface area contributed by atoms with Gasteiger partial charge in [0.1, 0.15) is 12.1 Å². The van der Waals surface area contributed by atoms with Crippen LogP contribution in [0.25, 0.3) is 0 Å². The van der Waals surface area contributed by atoms with Crippen molar-refractivity contribution in [1.29, 1.82) is 0 Å². The van der Waals surface area contributed by atoms with Gasteiger partial charge in [0.2, 0.25) is 0 Å². The molecule has 3 rings (SSSR count). The number of anilines is 1. The standard InChI is InChI=1S/C12H17N3OS/c1-4-16-8-10(1)11-7-12(14-9-13-11)15-2-5-17-6-3-15/h7,9-10H,1-6,8H2/t10-/m0/s1. The van der Waals surface area contributed by atoms with Crippen LogP contribution >= 0.6 is 11.8 Å². The van der Waals surface area contributed by atoms with Gasteiger partial charge in [-0.1, -0.05) is 0 Å². The molecule has 4 nitrogen and oxygen atoms in total. The molecule has 1 aromatic heterocycles. The Morgan fingerprint density at radius 2 is 2.18 bits per heavy atom. The second-order valence-electron chi connectivity index (χ2n) is 4.46. The van der Waals surface area contributed by atoms with Crippen molar-refractivity contribution < 1.29 is 4.74 Å². The van der Waals surface area contributed by atoms with Gasteiger partial charge in [-0.2, -0.15) is 11.8 Å². The van der Waals surface area contributed by atoms with Crippen LogP contribution in [-0.4, -0.2) is 47.8 Å². The first-order chi connectivity index (χ1) is 8.43. The van der Waals surface area contributed by atoms with Crippen LogP contribution in [0.4, 0.5) is 5.82 Å². The molecule has 2 fully saturated rings. The Balaban J connectivity index is 1.77. The second-order valence-corrected chi connectivity index (χ2v) is 5.69. The van der Waals surface area contributed by atoms with Crippen molar-refractivity contribution in [2.45, 2.75) is 12.3 Å². The molecule has 0 aromatic carbocycles. The molecule has 92 valence electrons. The lowest BCUT2D eigenvalue weighted by Gasteiger charge is -2.27. The summed E-state index contributed by atoms with van der Waals surface area (Å²) >= 11 is 2.02. The van der Waals surface area contributed by atoms with Gasteiger partial charge in [0.05, 0.1) is 12.3 Å². The number of hydrogen-bond acceptors (Lipinski definition) is 5. The minimum atomic E-state index is 0.468. The van der Waals surface area contributed by atoms with Crippen LogP contribution in [0.3, 0.4) is 0 Å². The van der Waals surface area contributed by atoms with E-state index in [2.05, 4.69) is 20.9 Å². The number of aromatic nitrogens is 2. The summed E-state index contributed by atoms with van der Waals surface area (Å²) in [5.41, 5.74) is 1.14. The van der Waals surface area contributed by atoms with E-state index in [9.17, 15) is 0 Å². The third-order valence-electron chi connectivity index (χ3n) is 3.36. The molecule has 2 aliphatic heterocycles. The van der Waals surface area contributed by atoms with E-state index in [1.165, 1.54) is 11.5 Å². The molecule has 2 saturated heterocycles. The van der Waals surface area contributed by atoms with E-state index in [0.717, 1.165) is 44.2 Å². The van der Waals surface area contributed by atoms with Crippen LogP contribution in [0.1, 0.15) is 18.0 Å². The topological polar surface area (TPSA) is 38.2 Å².